The van der Waals surface area contributed by atoms with Crippen LogP contribution in [0.4, 0.5) is 0 Å². The van der Waals surface area contributed by atoms with E-state index >= 15 is 0 Å². The molecule has 0 aliphatic carbocycles. The third-order valence-corrected chi connectivity index (χ3v) is 3.47. The van der Waals surface area contributed by atoms with Gasteiger partial charge in [0.05, 0.1) is 18.6 Å². The average Bonchev–Trinajstić information content (AvgIpc) is 2.98. The number of carbonyl (C=O) groups excluding carboxylic acids is 1. The van der Waals surface area contributed by atoms with Gasteiger partial charge in [-0.3, -0.25) is 9.59 Å². The molecule has 20 heavy (non-hydrogen) atoms. The van der Waals surface area contributed by atoms with E-state index in [0.717, 1.165) is 12.0 Å². The van der Waals surface area contributed by atoms with Crippen LogP contribution in [-0.4, -0.2) is 30.2 Å². The van der Waals surface area contributed by atoms with Crippen molar-refractivity contribution in [2.45, 2.75) is 25.3 Å². The molecule has 2 unspecified atom stereocenters. The predicted octanol–water partition coefficient (Wildman–Crippen LogP) is 1.75. The molecule has 1 aliphatic rings. The molecule has 0 spiro atoms. The first-order chi connectivity index (χ1) is 9.66. The number of hydrogen-bond donors (Lipinski definition) is 2. The maximum absolute atomic E-state index is 12.1. The third kappa shape index (κ3) is 4.06. The zero-order chi connectivity index (χ0) is 14.4. The molecular weight excluding hydrogens is 258 g/mol. The Labute approximate surface area is 117 Å². The quantitative estimate of drug-likeness (QED) is 0.830. The van der Waals surface area contributed by atoms with E-state index in [4.69, 9.17) is 9.84 Å². The van der Waals surface area contributed by atoms with Gasteiger partial charge in [0, 0.05) is 13.0 Å². The summed E-state index contributed by atoms with van der Waals surface area (Å²) in [5, 5.41) is 11.8. The molecular formula is C15H19NO4. The fraction of sp³-hybridized carbons (Fsp3) is 0.467. The molecule has 5 nitrogen and oxygen atoms in total. The summed E-state index contributed by atoms with van der Waals surface area (Å²) in [5.41, 5.74) is 0.931. The molecule has 1 aromatic carbocycles. The first kappa shape index (κ1) is 14.5. The van der Waals surface area contributed by atoms with E-state index in [0.29, 0.717) is 19.6 Å². The molecule has 108 valence electrons. The molecule has 0 bridgehead atoms. The van der Waals surface area contributed by atoms with Crippen LogP contribution >= 0.6 is 0 Å². The van der Waals surface area contributed by atoms with Crippen molar-refractivity contribution < 1.29 is 19.4 Å². The van der Waals surface area contributed by atoms with Crippen LogP contribution in [0.25, 0.3) is 0 Å². The van der Waals surface area contributed by atoms with Crippen molar-refractivity contribution in [3.63, 3.8) is 0 Å². The van der Waals surface area contributed by atoms with Crippen LogP contribution in [-0.2, 0) is 14.3 Å². The van der Waals surface area contributed by atoms with Crippen molar-refractivity contribution in [1.29, 1.82) is 0 Å². The van der Waals surface area contributed by atoms with Gasteiger partial charge in [-0.2, -0.15) is 0 Å². The van der Waals surface area contributed by atoms with E-state index in [-0.39, 0.29) is 24.3 Å². The average molecular weight is 277 g/mol. The van der Waals surface area contributed by atoms with Gasteiger partial charge in [0.25, 0.3) is 0 Å². The number of carbonyl (C=O) groups is 2. The van der Waals surface area contributed by atoms with Crippen molar-refractivity contribution in [3.8, 4) is 0 Å². The number of benzene rings is 1. The fourth-order valence-corrected chi connectivity index (χ4v) is 2.31. The Morgan fingerprint density at radius 3 is 2.70 bits per heavy atom. The summed E-state index contributed by atoms with van der Waals surface area (Å²) < 4.78 is 5.21. The van der Waals surface area contributed by atoms with E-state index in [1.807, 2.05) is 30.3 Å². The summed E-state index contributed by atoms with van der Waals surface area (Å²) in [6.45, 7) is 1.06. The van der Waals surface area contributed by atoms with Gasteiger partial charge in [0.15, 0.2) is 0 Å². The van der Waals surface area contributed by atoms with Crippen LogP contribution in [0.1, 0.15) is 30.9 Å². The number of ether oxygens (including phenoxy) is 1. The van der Waals surface area contributed by atoms with E-state index in [2.05, 4.69) is 5.32 Å². The highest BCUT2D eigenvalue weighted by Gasteiger charge is 2.26. The second kappa shape index (κ2) is 7.05. The molecule has 1 saturated heterocycles. The minimum atomic E-state index is -0.857. The van der Waals surface area contributed by atoms with Crippen LogP contribution in [0.2, 0.25) is 0 Å². The lowest BCUT2D eigenvalue weighted by Gasteiger charge is -2.20. The summed E-state index contributed by atoms with van der Waals surface area (Å²) in [4.78, 5) is 22.9. The number of carboxylic acid groups (broad SMARTS) is 1. The zero-order valence-electron chi connectivity index (χ0n) is 11.2. The summed E-state index contributed by atoms with van der Waals surface area (Å²) in [5.74, 6) is -1.03. The van der Waals surface area contributed by atoms with Gasteiger partial charge in [-0.15, -0.1) is 0 Å². The van der Waals surface area contributed by atoms with E-state index in [1.165, 1.54) is 0 Å². The molecule has 1 aliphatic heterocycles. The number of carboxylic acids is 1. The molecule has 1 heterocycles. The van der Waals surface area contributed by atoms with Gasteiger partial charge in [-0.1, -0.05) is 30.3 Å². The summed E-state index contributed by atoms with van der Waals surface area (Å²) in [6.07, 6.45) is 1.14. The smallest absolute Gasteiger partial charge is 0.303 e. The second-order valence-corrected chi connectivity index (χ2v) is 4.96. The molecule has 1 aromatic rings. The van der Waals surface area contributed by atoms with Crippen LogP contribution in [0.5, 0.6) is 0 Å². The van der Waals surface area contributed by atoms with Crippen molar-refractivity contribution >= 4 is 11.9 Å². The van der Waals surface area contributed by atoms with Gasteiger partial charge in [0.2, 0.25) is 5.91 Å². The van der Waals surface area contributed by atoms with Crippen LogP contribution in [0.3, 0.4) is 0 Å². The molecule has 0 aromatic heterocycles. The Kier molecular flexibility index (Phi) is 5.12. The van der Waals surface area contributed by atoms with Gasteiger partial charge in [-0.25, -0.2) is 0 Å². The minimum absolute atomic E-state index is 0.0288. The summed E-state index contributed by atoms with van der Waals surface area (Å²) >= 11 is 0. The third-order valence-electron chi connectivity index (χ3n) is 3.47. The number of amides is 1. The summed E-state index contributed by atoms with van der Waals surface area (Å²) in [6, 6.07) is 9.20. The monoisotopic (exact) mass is 277 g/mol. The molecule has 0 radical (unpaired) electrons. The van der Waals surface area contributed by atoms with Gasteiger partial charge in [-0.05, 0) is 18.4 Å². The van der Waals surface area contributed by atoms with Gasteiger partial charge < -0.3 is 15.2 Å². The largest absolute Gasteiger partial charge is 0.481 e. The molecule has 5 heteroatoms. The fourth-order valence-electron chi connectivity index (χ4n) is 2.31. The van der Waals surface area contributed by atoms with Crippen molar-refractivity contribution in [2.75, 3.05) is 13.2 Å². The maximum Gasteiger partial charge on any atom is 0.303 e. The summed E-state index contributed by atoms with van der Waals surface area (Å²) in [7, 11) is 0. The number of aliphatic carboxylic acids is 1. The molecule has 1 fully saturated rings. The standard InChI is InChI=1S/C15H19NO4/c17-14(18)7-6-13(11-4-2-1-3-5-11)16-15(19)12-8-9-20-10-12/h1-5,12-13H,6-10H2,(H,16,19)(H,17,18). The molecule has 2 N–H and O–H groups in total. The maximum atomic E-state index is 12.1. The SMILES string of the molecule is O=C(O)CCC(NC(=O)C1CCOC1)c1ccccc1. The second-order valence-electron chi connectivity index (χ2n) is 4.96. The van der Waals surface area contributed by atoms with Crippen molar-refractivity contribution in [3.05, 3.63) is 35.9 Å². The Hall–Kier alpha value is -1.88. The molecule has 2 rings (SSSR count). The van der Waals surface area contributed by atoms with Crippen LogP contribution < -0.4 is 5.32 Å². The van der Waals surface area contributed by atoms with E-state index in [1.54, 1.807) is 0 Å². The first-order valence-electron chi connectivity index (χ1n) is 6.81. The normalized spacial score (nSPS) is 19.5. The Morgan fingerprint density at radius 1 is 1.35 bits per heavy atom. The number of hydrogen-bond acceptors (Lipinski definition) is 3. The first-order valence-corrected chi connectivity index (χ1v) is 6.81. The highest BCUT2D eigenvalue weighted by molar-refractivity contribution is 5.79. The highest BCUT2D eigenvalue weighted by Crippen LogP contribution is 2.20. The number of rotatable bonds is 6. The number of nitrogens with one attached hydrogen (secondary N) is 1. The Morgan fingerprint density at radius 2 is 2.10 bits per heavy atom. The molecule has 2 atom stereocenters. The lowest BCUT2D eigenvalue weighted by molar-refractivity contribution is -0.137. The van der Waals surface area contributed by atoms with Crippen LogP contribution in [0, 0.1) is 5.92 Å². The van der Waals surface area contributed by atoms with E-state index < -0.39 is 5.97 Å². The lowest BCUT2D eigenvalue weighted by Crippen LogP contribution is -2.34. The highest BCUT2D eigenvalue weighted by atomic mass is 16.5. The predicted molar refractivity (Wildman–Crippen MR) is 73.1 cm³/mol. The van der Waals surface area contributed by atoms with E-state index in [9.17, 15) is 9.59 Å². The molecule has 1 amide bonds. The zero-order valence-corrected chi connectivity index (χ0v) is 11.2. The topological polar surface area (TPSA) is 75.6 Å². The van der Waals surface area contributed by atoms with Gasteiger partial charge >= 0.3 is 5.97 Å². The molecule has 0 saturated carbocycles. The lowest BCUT2D eigenvalue weighted by atomic mass is 10.00. The van der Waals surface area contributed by atoms with Crippen molar-refractivity contribution in [2.24, 2.45) is 5.92 Å². The Bertz CT molecular complexity index is 454. The van der Waals surface area contributed by atoms with Crippen molar-refractivity contribution in [1.82, 2.24) is 5.32 Å². The van der Waals surface area contributed by atoms with Crippen LogP contribution in [0.15, 0.2) is 30.3 Å². The minimum Gasteiger partial charge on any atom is -0.481 e. The Balaban J connectivity index is 2.01. The van der Waals surface area contributed by atoms with Gasteiger partial charge in [0.1, 0.15) is 0 Å².